The van der Waals surface area contributed by atoms with Crippen LogP contribution in [0.5, 0.6) is 5.75 Å². The number of Topliss-reactive ketones (excluding diaryl/α,β-unsaturated/α-hetero) is 1. The van der Waals surface area contributed by atoms with E-state index in [9.17, 15) is 19.5 Å². The number of nitrogens with zero attached hydrogens (tertiary/aromatic N) is 1. The molecule has 0 bridgehead atoms. The molecule has 0 radical (unpaired) electrons. The Morgan fingerprint density at radius 2 is 1.60 bits per heavy atom. The summed E-state index contributed by atoms with van der Waals surface area (Å²) in [6.45, 7) is 2.04. The van der Waals surface area contributed by atoms with Crippen molar-refractivity contribution in [3.05, 3.63) is 101 Å². The number of methoxy groups -OCH3 is 1. The number of carbonyl (C=O) groups is 3. The molecule has 1 aliphatic rings. The number of hydrogen-bond acceptors (Lipinski definition) is 6. The van der Waals surface area contributed by atoms with Crippen molar-refractivity contribution in [2.75, 3.05) is 18.6 Å². The van der Waals surface area contributed by atoms with E-state index >= 15 is 0 Å². The summed E-state index contributed by atoms with van der Waals surface area (Å²) >= 11 is 0. The summed E-state index contributed by atoms with van der Waals surface area (Å²) in [6, 6.07) is 21.7. The van der Waals surface area contributed by atoms with Crippen molar-refractivity contribution in [1.82, 2.24) is 0 Å². The minimum absolute atomic E-state index is 0.00182. The van der Waals surface area contributed by atoms with Gasteiger partial charge in [0.25, 0.3) is 11.7 Å². The van der Waals surface area contributed by atoms with Gasteiger partial charge in [0.2, 0.25) is 0 Å². The van der Waals surface area contributed by atoms with Gasteiger partial charge in [0, 0.05) is 11.3 Å². The average molecular weight is 472 g/mol. The lowest BCUT2D eigenvalue weighted by atomic mass is 9.95. The maximum Gasteiger partial charge on any atom is 0.310 e. The molecule has 4 rings (SSSR count). The lowest BCUT2D eigenvalue weighted by Crippen LogP contribution is -2.29. The maximum absolute atomic E-state index is 13.2. The fraction of sp³-hybridized carbons (Fsp3) is 0.179. The van der Waals surface area contributed by atoms with Crippen LogP contribution in [0, 0.1) is 0 Å². The molecule has 3 aromatic rings. The Morgan fingerprint density at radius 3 is 2.20 bits per heavy atom. The van der Waals surface area contributed by atoms with Gasteiger partial charge in [-0.25, -0.2) is 0 Å². The fourth-order valence-electron chi connectivity index (χ4n) is 4.11. The molecule has 7 nitrogen and oxygen atoms in total. The number of ether oxygens (including phenoxy) is 2. The Hall–Kier alpha value is -4.39. The summed E-state index contributed by atoms with van der Waals surface area (Å²) in [5, 5.41) is 11.1. The molecular weight excluding hydrogens is 446 g/mol. The van der Waals surface area contributed by atoms with E-state index in [1.165, 1.54) is 12.0 Å². The van der Waals surface area contributed by atoms with Crippen molar-refractivity contribution in [3.63, 3.8) is 0 Å². The zero-order valence-electron chi connectivity index (χ0n) is 19.4. The molecule has 3 aromatic carbocycles. The molecule has 178 valence electrons. The molecule has 0 saturated carbocycles. The first-order valence-electron chi connectivity index (χ1n) is 11.2. The van der Waals surface area contributed by atoms with Gasteiger partial charge in [0.1, 0.15) is 11.5 Å². The van der Waals surface area contributed by atoms with Crippen LogP contribution >= 0.6 is 0 Å². The van der Waals surface area contributed by atoms with E-state index in [-0.39, 0.29) is 23.7 Å². The number of benzene rings is 3. The van der Waals surface area contributed by atoms with Crippen LogP contribution in [-0.2, 0) is 25.5 Å². The van der Waals surface area contributed by atoms with Crippen LogP contribution < -0.4 is 9.64 Å². The highest BCUT2D eigenvalue weighted by atomic mass is 16.5. The Labute approximate surface area is 203 Å². The van der Waals surface area contributed by atoms with Gasteiger partial charge in [0.05, 0.1) is 31.8 Å². The monoisotopic (exact) mass is 471 g/mol. The third-order valence-electron chi connectivity index (χ3n) is 5.79. The molecule has 1 unspecified atom stereocenters. The average Bonchev–Trinajstić information content (AvgIpc) is 3.15. The second-order valence-corrected chi connectivity index (χ2v) is 7.96. The number of carbonyl (C=O) groups excluding carboxylic acids is 3. The molecule has 0 aliphatic carbocycles. The van der Waals surface area contributed by atoms with E-state index in [1.807, 2.05) is 18.2 Å². The Kier molecular flexibility index (Phi) is 6.96. The predicted octanol–water partition coefficient (Wildman–Crippen LogP) is 4.43. The van der Waals surface area contributed by atoms with Crippen molar-refractivity contribution >= 4 is 29.1 Å². The summed E-state index contributed by atoms with van der Waals surface area (Å²) in [4.78, 5) is 39.6. The highest BCUT2D eigenvalue weighted by Gasteiger charge is 2.46. The standard InChI is InChI=1S/C28H25NO6/c1-3-35-23(30)17-18-9-13-21(14-10-18)29-25(19-7-5-4-6-8-19)24(27(32)28(29)33)26(31)20-11-15-22(34-2)16-12-20/h4-16,25,31H,3,17H2,1-2H3. The van der Waals surface area contributed by atoms with E-state index in [0.29, 0.717) is 29.2 Å². The van der Waals surface area contributed by atoms with Crippen molar-refractivity contribution in [1.29, 1.82) is 0 Å². The predicted molar refractivity (Wildman–Crippen MR) is 131 cm³/mol. The summed E-state index contributed by atoms with van der Waals surface area (Å²) in [5.74, 6) is -1.52. The third-order valence-corrected chi connectivity index (χ3v) is 5.79. The SMILES string of the molecule is CCOC(=O)Cc1ccc(N2C(=O)C(=O)C(=C(O)c3ccc(OC)cc3)C2c2ccccc2)cc1. The lowest BCUT2D eigenvalue weighted by Gasteiger charge is -2.25. The minimum Gasteiger partial charge on any atom is -0.507 e. The molecule has 1 saturated heterocycles. The maximum atomic E-state index is 13.2. The zero-order chi connectivity index (χ0) is 24.9. The lowest BCUT2D eigenvalue weighted by molar-refractivity contribution is -0.142. The summed E-state index contributed by atoms with van der Waals surface area (Å²) in [5.41, 5.74) is 2.27. The molecular formula is C28H25NO6. The highest BCUT2D eigenvalue weighted by Crippen LogP contribution is 2.42. The molecule has 1 heterocycles. The molecule has 1 fully saturated rings. The molecule has 1 aliphatic heterocycles. The summed E-state index contributed by atoms with van der Waals surface area (Å²) < 4.78 is 10.2. The highest BCUT2D eigenvalue weighted by molar-refractivity contribution is 6.51. The third kappa shape index (κ3) is 4.80. The van der Waals surface area contributed by atoms with Crippen LogP contribution in [0.15, 0.2) is 84.4 Å². The van der Waals surface area contributed by atoms with Gasteiger partial charge in [-0.05, 0) is 54.4 Å². The topological polar surface area (TPSA) is 93.1 Å². The molecule has 0 spiro atoms. The molecule has 35 heavy (non-hydrogen) atoms. The van der Waals surface area contributed by atoms with Crippen LogP contribution in [0.25, 0.3) is 5.76 Å². The quantitative estimate of drug-likeness (QED) is 0.237. The van der Waals surface area contributed by atoms with Crippen LogP contribution in [0.3, 0.4) is 0 Å². The largest absolute Gasteiger partial charge is 0.507 e. The Bertz CT molecular complexity index is 1260. The van der Waals surface area contributed by atoms with Gasteiger partial charge in [0.15, 0.2) is 0 Å². The van der Waals surface area contributed by atoms with Crippen molar-refractivity contribution in [3.8, 4) is 5.75 Å². The van der Waals surface area contributed by atoms with Crippen LogP contribution in [0.4, 0.5) is 5.69 Å². The van der Waals surface area contributed by atoms with E-state index in [4.69, 9.17) is 9.47 Å². The number of aliphatic hydroxyl groups is 1. The molecule has 0 aromatic heterocycles. The minimum atomic E-state index is -0.825. The second kappa shape index (κ2) is 10.3. The van der Waals surface area contributed by atoms with Gasteiger partial charge in [-0.2, -0.15) is 0 Å². The number of ketones is 1. The number of esters is 1. The van der Waals surface area contributed by atoms with Crippen molar-refractivity contribution in [2.45, 2.75) is 19.4 Å². The first-order valence-corrected chi connectivity index (χ1v) is 11.2. The van der Waals surface area contributed by atoms with Gasteiger partial charge in [-0.3, -0.25) is 19.3 Å². The van der Waals surface area contributed by atoms with Gasteiger partial charge < -0.3 is 14.6 Å². The van der Waals surface area contributed by atoms with Crippen molar-refractivity contribution < 1.29 is 29.0 Å². The number of rotatable bonds is 7. The van der Waals surface area contributed by atoms with E-state index in [1.54, 1.807) is 67.6 Å². The van der Waals surface area contributed by atoms with Gasteiger partial charge >= 0.3 is 5.97 Å². The number of aliphatic hydroxyl groups excluding tert-OH is 1. The number of hydrogen-bond donors (Lipinski definition) is 1. The second-order valence-electron chi connectivity index (χ2n) is 7.96. The summed E-state index contributed by atoms with van der Waals surface area (Å²) in [6.07, 6.45) is 0.104. The smallest absolute Gasteiger partial charge is 0.310 e. The van der Waals surface area contributed by atoms with Crippen LogP contribution in [0.2, 0.25) is 0 Å². The molecule has 1 N–H and O–H groups in total. The van der Waals surface area contributed by atoms with E-state index < -0.39 is 17.7 Å². The first-order chi connectivity index (χ1) is 16.9. The van der Waals surface area contributed by atoms with Crippen LogP contribution in [0.1, 0.15) is 29.7 Å². The molecule has 7 heteroatoms. The first kappa shape index (κ1) is 23.8. The van der Waals surface area contributed by atoms with Crippen LogP contribution in [-0.4, -0.2) is 36.5 Å². The molecule has 1 atom stereocenters. The Balaban J connectivity index is 1.78. The van der Waals surface area contributed by atoms with Gasteiger partial charge in [-0.15, -0.1) is 0 Å². The van der Waals surface area contributed by atoms with E-state index in [2.05, 4.69) is 0 Å². The van der Waals surface area contributed by atoms with Gasteiger partial charge in [-0.1, -0.05) is 42.5 Å². The van der Waals surface area contributed by atoms with Crippen molar-refractivity contribution in [2.24, 2.45) is 0 Å². The number of anilines is 1. The number of amides is 1. The summed E-state index contributed by atoms with van der Waals surface area (Å²) in [7, 11) is 1.54. The zero-order valence-corrected chi connectivity index (χ0v) is 19.4. The molecule has 1 amide bonds. The normalized spacial score (nSPS) is 16.9. The fourth-order valence-corrected chi connectivity index (χ4v) is 4.11. The van der Waals surface area contributed by atoms with E-state index in [0.717, 1.165) is 5.56 Å². The Morgan fingerprint density at radius 1 is 0.943 bits per heavy atom.